The molecule has 6 aromatic carbocycles. The van der Waals surface area contributed by atoms with E-state index in [1.165, 1.54) is 5.56 Å². The van der Waals surface area contributed by atoms with Crippen LogP contribution in [0.15, 0.2) is 183 Å². The Morgan fingerprint density at radius 3 is 1.98 bits per heavy atom. The number of para-hydroxylation sites is 1. The maximum Gasteiger partial charge on any atom is 0.227 e. The van der Waals surface area contributed by atoms with Crippen LogP contribution in [-0.4, -0.2) is 45.7 Å². The van der Waals surface area contributed by atoms with Crippen LogP contribution in [0.3, 0.4) is 0 Å². The molecule has 8 aromatic rings. The molecule has 63 heavy (non-hydrogen) atoms. The van der Waals surface area contributed by atoms with E-state index in [2.05, 4.69) is 110 Å². The number of nitrogens with zero attached hydrogens (tertiary/aromatic N) is 4. The quantitative estimate of drug-likeness (QED) is 0.0657. The lowest BCUT2D eigenvalue weighted by atomic mass is 9.71. The van der Waals surface area contributed by atoms with Crippen molar-refractivity contribution in [2.24, 2.45) is 11.8 Å². The van der Waals surface area contributed by atoms with Crippen molar-refractivity contribution in [1.82, 2.24) is 15.0 Å². The highest BCUT2D eigenvalue weighted by molar-refractivity contribution is 6.32. The number of benzene rings is 6. The molecule has 3 fully saturated rings. The third kappa shape index (κ3) is 8.01. The van der Waals surface area contributed by atoms with Crippen LogP contribution in [0.25, 0.3) is 55.7 Å². The summed E-state index contributed by atoms with van der Waals surface area (Å²) < 4.78 is 14.7. The van der Waals surface area contributed by atoms with Gasteiger partial charge in [0.1, 0.15) is 23.6 Å². The van der Waals surface area contributed by atoms with Crippen LogP contribution < -0.4 is 9.47 Å². The van der Waals surface area contributed by atoms with Gasteiger partial charge in [0.15, 0.2) is 5.82 Å². The third-order valence-electron chi connectivity index (χ3n) is 13.5. The minimum atomic E-state index is -0.382. The van der Waals surface area contributed by atoms with Gasteiger partial charge in [0.25, 0.3) is 0 Å². The van der Waals surface area contributed by atoms with Crippen molar-refractivity contribution in [3.8, 4) is 56.4 Å². The van der Waals surface area contributed by atoms with Crippen LogP contribution in [0.2, 0.25) is 5.15 Å². The molecule has 312 valence electrons. The van der Waals surface area contributed by atoms with E-state index in [1.54, 1.807) is 7.11 Å². The number of pyridine rings is 1. The summed E-state index contributed by atoms with van der Waals surface area (Å²) in [5.41, 5.74) is 10.2. The summed E-state index contributed by atoms with van der Waals surface area (Å²) in [4.78, 5) is 14.8. The van der Waals surface area contributed by atoms with Crippen LogP contribution in [0, 0.1) is 11.8 Å². The second-order valence-electron chi connectivity index (χ2n) is 17.1. The monoisotopic (exact) mass is 845 g/mol. The van der Waals surface area contributed by atoms with Crippen LogP contribution in [0.5, 0.6) is 11.6 Å². The Morgan fingerprint density at radius 2 is 1.35 bits per heavy atom. The first kappa shape index (κ1) is 40.5. The lowest BCUT2D eigenvalue weighted by Gasteiger charge is -2.57. The number of piperidine rings is 3. The van der Waals surface area contributed by atoms with Gasteiger partial charge < -0.3 is 14.0 Å². The Labute approximate surface area is 375 Å². The fourth-order valence-corrected chi connectivity index (χ4v) is 10.7. The number of ether oxygens (including phenoxy) is 2. The number of methoxy groups -OCH3 is 1. The van der Waals surface area contributed by atoms with Gasteiger partial charge in [-0.2, -0.15) is 4.98 Å². The highest BCUT2D eigenvalue weighted by atomic mass is 35.5. The molecule has 0 radical (unpaired) electrons. The lowest BCUT2D eigenvalue weighted by molar-refractivity contribution is -0.981. The fraction of sp³-hybridized carbons (Fsp3) is 0.196. The van der Waals surface area contributed by atoms with Crippen LogP contribution in [0.1, 0.15) is 36.5 Å². The standard InChI is InChI=1S/C56H50ClN4O2/c1-3-39-37-61(36-38-32-48(40-18-8-4-9-19-40)53(62-2)49(33-38)41-20-10-5-11-21-41)31-29-44(39)34-45(61)35-51(47-28-30-58-50-27-17-16-26-46(47)50)63-56-52(42-22-12-6-13-23-42)54(57)59-55(60-56)43-24-14-7-15-25-43/h3-28,30,32-33,39,44-45,51H,1,29,31,34-37H2,2H3/q+1/t39?,44?,45?,51-,61?/m1/s1. The predicted molar refractivity (Wildman–Crippen MR) is 255 cm³/mol. The molecule has 0 aliphatic carbocycles. The molecule has 0 spiro atoms. The molecule has 11 rings (SSSR count). The second kappa shape index (κ2) is 17.6. The predicted octanol–water partition coefficient (Wildman–Crippen LogP) is 13.5. The van der Waals surface area contributed by atoms with Crippen molar-refractivity contribution in [3.63, 3.8) is 0 Å². The van der Waals surface area contributed by atoms with E-state index in [0.29, 0.717) is 34.3 Å². The van der Waals surface area contributed by atoms with E-state index in [9.17, 15) is 0 Å². The Balaban J connectivity index is 1.11. The van der Waals surface area contributed by atoms with E-state index in [0.717, 1.165) is 99.0 Å². The molecular weight excluding hydrogens is 796 g/mol. The van der Waals surface area contributed by atoms with Gasteiger partial charge in [0.05, 0.1) is 37.3 Å². The molecule has 5 atom stereocenters. The molecule has 3 saturated heterocycles. The molecule has 0 saturated carbocycles. The molecule has 2 bridgehead atoms. The summed E-state index contributed by atoms with van der Waals surface area (Å²) in [6.07, 6.45) is 6.73. The summed E-state index contributed by atoms with van der Waals surface area (Å²) >= 11 is 7.20. The number of quaternary nitrogens is 1. The molecule has 2 aromatic heterocycles. The molecule has 3 aliphatic heterocycles. The van der Waals surface area contributed by atoms with Gasteiger partial charge in [-0.3, -0.25) is 4.98 Å². The molecule has 7 heteroatoms. The number of rotatable bonds is 13. The zero-order chi connectivity index (χ0) is 42.8. The summed E-state index contributed by atoms with van der Waals surface area (Å²) in [7, 11) is 1.79. The molecule has 4 unspecified atom stereocenters. The molecule has 0 amide bonds. The second-order valence-corrected chi connectivity index (χ2v) is 17.4. The largest absolute Gasteiger partial charge is 0.495 e. The average Bonchev–Trinajstić information content (AvgIpc) is 3.34. The Hall–Kier alpha value is -6.60. The van der Waals surface area contributed by atoms with Gasteiger partial charge in [-0.1, -0.05) is 157 Å². The topological polar surface area (TPSA) is 57.1 Å². The van der Waals surface area contributed by atoms with E-state index in [1.807, 2.05) is 72.9 Å². The van der Waals surface area contributed by atoms with Crippen LogP contribution in [0.4, 0.5) is 0 Å². The van der Waals surface area contributed by atoms with Gasteiger partial charge in [-0.05, 0) is 46.9 Å². The highest BCUT2D eigenvalue weighted by Crippen LogP contribution is 2.49. The molecule has 6 nitrogen and oxygen atoms in total. The Bertz CT molecular complexity index is 2810. The van der Waals surface area contributed by atoms with Crippen molar-refractivity contribution in [2.45, 2.75) is 38.0 Å². The van der Waals surface area contributed by atoms with E-state index in [-0.39, 0.29) is 12.1 Å². The maximum absolute atomic E-state index is 7.47. The number of hydrogen-bond donors (Lipinski definition) is 0. The first-order chi connectivity index (χ1) is 31.0. The van der Waals surface area contributed by atoms with Crippen molar-refractivity contribution < 1.29 is 14.0 Å². The van der Waals surface area contributed by atoms with Crippen molar-refractivity contribution >= 4 is 22.5 Å². The normalized spacial score (nSPS) is 19.7. The highest BCUT2D eigenvalue weighted by Gasteiger charge is 2.52. The summed E-state index contributed by atoms with van der Waals surface area (Å²) in [6, 6.07) is 56.9. The van der Waals surface area contributed by atoms with Gasteiger partial charge in [-0.25, -0.2) is 4.98 Å². The molecule has 3 aliphatic rings. The minimum absolute atomic E-state index is 0.269. The fourth-order valence-electron chi connectivity index (χ4n) is 10.5. The van der Waals surface area contributed by atoms with E-state index in [4.69, 9.17) is 36.0 Å². The van der Waals surface area contributed by atoms with Crippen LogP contribution in [-0.2, 0) is 6.54 Å². The first-order valence-electron chi connectivity index (χ1n) is 22.0. The molecular formula is C56H50ClN4O2+. The van der Waals surface area contributed by atoms with Crippen molar-refractivity contribution in [3.05, 3.63) is 199 Å². The first-order valence-corrected chi connectivity index (χ1v) is 22.4. The molecule has 5 heterocycles. The van der Waals surface area contributed by atoms with Gasteiger partial charge >= 0.3 is 0 Å². The zero-order valence-electron chi connectivity index (χ0n) is 35.5. The zero-order valence-corrected chi connectivity index (χ0v) is 36.2. The van der Waals surface area contributed by atoms with Gasteiger partial charge in [0, 0.05) is 64.6 Å². The summed E-state index contributed by atoms with van der Waals surface area (Å²) in [5, 5.41) is 1.42. The van der Waals surface area contributed by atoms with Crippen molar-refractivity contribution in [1.29, 1.82) is 0 Å². The number of fused-ring (bicyclic) bond motifs is 4. The Morgan fingerprint density at radius 1 is 0.746 bits per heavy atom. The average molecular weight is 846 g/mol. The maximum atomic E-state index is 7.47. The number of hydrogen-bond acceptors (Lipinski definition) is 5. The SMILES string of the molecule is C=CC1C[N+]2(Cc3cc(-c4ccccc4)c(OC)c(-c4ccccc4)c3)CCC1CC2C[C@@H](Oc1nc(-c2ccccc2)nc(Cl)c1-c1ccccc1)c1ccnc2ccccc12. The summed E-state index contributed by atoms with van der Waals surface area (Å²) in [5.74, 6) is 2.85. The Kier molecular flexibility index (Phi) is 11.3. The lowest BCUT2D eigenvalue weighted by Crippen LogP contribution is -2.66. The summed E-state index contributed by atoms with van der Waals surface area (Å²) in [6.45, 7) is 7.34. The minimum Gasteiger partial charge on any atom is -0.495 e. The van der Waals surface area contributed by atoms with E-state index >= 15 is 0 Å². The van der Waals surface area contributed by atoms with Gasteiger partial charge in [0.2, 0.25) is 5.88 Å². The van der Waals surface area contributed by atoms with Crippen LogP contribution >= 0.6 is 11.6 Å². The van der Waals surface area contributed by atoms with E-state index < -0.39 is 0 Å². The molecule has 0 N–H and O–H groups in total. The van der Waals surface area contributed by atoms with Crippen molar-refractivity contribution in [2.75, 3.05) is 20.2 Å². The number of aromatic nitrogens is 3. The smallest absolute Gasteiger partial charge is 0.227 e. The number of halogens is 1. The third-order valence-corrected chi connectivity index (χ3v) is 13.8. The van der Waals surface area contributed by atoms with Gasteiger partial charge in [-0.15, -0.1) is 6.58 Å².